The van der Waals surface area contributed by atoms with Crippen molar-refractivity contribution < 1.29 is 18.7 Å². The van der Waals surface area contributed by atoms with E-state index in [-0.39, 0.29) is 5.91 Å². The summed E-state index contributed by atoms with van der Waals surface area (Å²) in [5.41, 5.74) is 1.85. The number of hydrogen-bond acceptors (Lipinski definition) is 4. The first-order valence-electron chi connectivity index (χ1n) is 8.73. The van der Waals surface area contributed by atoms with Gasteiger partial charge in [-0.3, -0.25) is 4.79 Å². The van der Waals surface area contributed by atoms with E-state index < -0.39 is 0 Å². The summed E-state index contributed by atoms with van der Waals surface area (Å²) < 4.78 is 16.7. The summed E-state index contributed by atoms with van der Waals surface area (Å²) in [5.74, 6) is 1.77. The Balaban J connectivity index is 1.88. The molecule has 1 N–H and O–H groups in total. The molecule has 1 amide bonds. The molecule has 0 radical (unpaired) electrons. The van der Waals surface area contributed by atoms with Gasteiger partial charge in [-0.15, -0.1) is 0 Å². The molecule has 0 aliphatic carbocycles. The summed E-state index contributed by atoms with van der Waals surface area (Å²) in [6, 6.07) is 12.8. The quantitative estimate of drug-likeness (QED) is 0.595. The molecular weight excluding hydrogens is 330 g/mol. The molecule has 5 heteroatoms. The van der Waals surface area contributed by atoms with Gasteiger partial charge >= 0.3 is 0 Å². The first kappa shape index (κ1) is 17.9. The van der Waals surface area contributed by atoms with Crippen molar-refractivity contribution in [1.29, 1.82) is 0 Å². The average Bonchev–Trinajstić information content (AvgIpc) is 2.97. The molecule has 1 aromatic heterocycles. The van der Waals surface area contributed by atoms with Crippen LogP contribution in [0, 0.1) is 6.92 Å². The van der Waals surface area contributed by atoms with Crippen molar-refractivity contribution in [3.8, 4) is 11.5 Å². The average molecular weight is 353 g/mol. The lowest BCUT2D eigenvalue weighted by Gasteiger charge is -2.08. The third-order valence-electron chi connectivity index (χ3n) is 4.16. The zero-order valence-electron chi connectivity index (χ0n) is 15.3. The van der Waals surface area contributed by atoms with Gasteiger partial charge in [0.25, 0.3) is 5.91 Å². The maximum atomic E-state index is 12.8. The first-order valence-corrected chi connectivity index (χ1v) is 8.73. The molecule has 0 unspecified atom stereocenters. The molecule has 26 heavy (non-hydrogen) atoms. The summed E-state index contributed by atoms with van der Waals surface area (Å²) >= 11 is 0. The number of aryl methyl sites for hydroxylation is 1. The van der Waals surface area contributed by atoms with Crippen LogP contribution < -0.4 is 14.8 Å². The van der Waals surface area contributed by atoms with E-state index in [9.17, 15) is 4.79 Å². The number of amides is 1. The lowest BCUT2D eigenvalue weighted by Crippen LogP contribution is -2.12. The van der Waals surface area contributed by atoms with Crippen LogP contribution in [-0.4, -0.2) is 19.6 Å². The lowest BCUT2D eigenvalue weighted by molar-refractivity contribution is 0.102. The smallest absolute Gasteiger partial charge is 0.259 e. The minimum Gasteiger partial charge on any atom is -0.497 e. The molecule has 136 valence electrons. The lowest BCUT2D eigenvalue weighted by atomic mass is 10.1. The number of rotatable bonds is 7. The van der Waals surface area contributed by atoms with Gasteiger partial charge in [-0.2, -0.15) is 0 Å². The van der Waals surface area contributed by atoms with Crippen molar-refractivity contribution in [1.82, 2.24) is 0 Å². The fourth-order valence-corrected chi connectivity index (χ4v) is 2.80. The molecule has 2 aromatic carbocycles. The van der Waals surface area contributed by atoms with Crippen LogP contribution >= 0.6 is 0 Å². The number of furan rings is 1. The van der Waals surface area contributed by atoms with Crippen molar-refractivity contribution in [2.45, 2.75) is 26.7 Å². The molecular formula is C21H23NO4. The van der Waals surface area contributed by atoms with Gasteiger partial charge in [-0.25, -0.2) is 0 Å². The maximum Gasteiger partial charge on any atom is 0.259 e. The Hall–Kier alpha value is -2.95. The van der Waals surface area contributed by atoms with Crippen molar-refractivity contribution in [3.63, 3.8) is 0 Å². The van der Waals surface area contributed by atoms with Gasteiger partial charge in [0.1, 0.15) is 22.8 Å². The zero-order valence-corrected chi connectivity index (χ0v) is 15.3. The summed E-state index contributed by atoms with van der Waals surface area (Å²) in [4.78, 5) is 12.8. The maximum absolute atomic E-state index is 12.8. The van der Waals surface area contributed by atoms with E-state index in [1.54, 1.807) is 20.1 Å². The molecule has 0 aliphatic rings. The number of carbonyl (C=O) groups excluding carboxylic acids is 1. The molecule has 0 spiro atoms. The zero-order chi connectivity index (χ0) is 18.5. The number of anilines is 1. The summed E-state index contributed by atoms with van der Waals surface area (Å²) in [5, 5.41) is 3.65. The van der Waals surface area contributed by atoms with Crippen molar-refractivity contribution in [2.24, 2.45) is 0 Å². The molecule has 0 atom stereocenters. The van der Waals surface area contributed by atoms with E-state index in [2.05, 4.69) is 12.2 Å². The van der Waals surface area contributed by atoms with Gasteiger partial charge in [0, 0.05) is 17.1 Å². The standard InChI is InChI=1S/C21H23NO4/c1-4-5-11-25-17-9-10-19-18(13-17)20(14(2)26-19)21(23)22-15-7-6-8-16(12-15)24-3/h6-10,12-13H,4-5,11H2,1-3H3,(H,22,23). The number of hydrogen-bond donors (Lipinski definition) is 1. The van der Waals surface area contributed by atoms with Gasteiger partial charge < -0.3 is 19.2 Å². The Morgan fingerprint density at radius 1 is 1.15 bits per heavy atom. The van der Waals surface area contributed by atoms with Crippen LogP contribution in [0.4, 0.5) is 5.69 Å². The Bertz CT molecular complexity index is 914. The monoisotopic (exact) mass is 353 g/mol. The largest absolute Gasteiger partial charge is 0.497 e. The van der Waals surface area contributed by atoms with Gasteiger partial charge in [-0.1, -0.05) is 19.4 Å². The number of carbonyl (C=O) groups is 1. The fourth-order valence-electron chi connectivity index (χ4n) is 2.80. The molecule has 0 saturated heterocycles. The van der Waals surface area contributed by atoms with Crippen molar-refractivity contribution in [2.75, 3.05) is 19.0 Å². The second-order valence-corrected chi connectivity index (χ2v) is 6.08. The Kier molecular flexibility index (Phi) is 5.46. The number of unbranched alkanes of at least 4 members (excludes halogenated alkanes) is 1. The van der Waals surface area contributed by atoms with E-state index in [1.807, 2.05) is 36.4 Å². The third-order valence-corrected chi connectivity index (χ3v) is 4.16. The van der Waals surface area contributed by atoms with E-state index >= 15 is 0 Å². The molecule has 0 aliphatic heterocycles. The number of benzene rings is 2. The Morgan fingerprint density at radius 2 is 2.00 bits per heavy atom. The van der Waals surface area contributed by atoms with Crippen molar-refractivity contribution >= 4 is 22.6 Å². The summed E-state index contributed by atoms with van der Waals surface area (Å²) in [7, 11) is 1.59. The molecule has 3 aromatic rings. The van der Waals surface area contributed by atoms with E-state index in [1.165, 1.54) is 0 Å². The van der Waals surface area contributed by atoms with E-state index in [0.29, 0.717) is 35.0 Å². The fraction of sp³-hybridized carbons (Fsp3) is 0.286. The predicted molar refractivity (Wildman–Crippen MR) is 102 cm³/mol. The molecule has 0 saturated carbocycles. The minimum atomic E-state index is -0.222. The summed E-state index contributed by atoms with van der Waals surface area (Å²) in [6.07, 6.45) is 2.06. The van der Waals surface area contributed by atoms with Crippen LogP contribution in [0.25, 0.3) is 11.0 Å². The van der Waals surface area contributed by atoms with Crippen LogP contribution in [0.1, 0.15) is 35.9 Å². The minimum absolute atomic E-state index is 0.222. The van der Waals surface area contributed by atoms with Gasteiger partial charge in [0.15, 0.2) is 0 Å². The van der Waals surface area contributed by atoms with Gasteiger partial charge in [-0.05, 0) is 43.7 Å². The molecule has 0 fully saturated rings. The number of ether oxygens (including phenoxy) is 2. The third kappa shape index (κ3) is 3.82. The van der Waals surface area contributed by atoms with Gasteiger partial charge in [0.05, 0.1) is 19.3 Å². The van der Waals surface area contributed by atoms with E-state index in [4.69, 9.17) is 13.9 Å². The van der Waals surface area contributed by atoms with Crippen molar-refractivity contribution in [3.05, 3.63) is 53.8 Å². The highest BCUT2D eigenvalue weighted by Gasteiger charge is 2.19. The molecule has 0 bridgehead atoms. The second-order valence-electron chi connectivity index (χ2n) is 6.08. The Morgan fingerprint density at radius 3 is 2.77 bits per heavy atom. The highest BCUT2D eigenvalue weighted by Crippen LogP contribution is 2.30. The first-order chi connectivity index (χ1) is 12.6. The predicted octanol–water partition coefficient (Wildman–Crippen LogP) is 5.18. The number of methoxy groups -OCH3 is 1. The topological polar surface area (TPSA) is 60.7 Å². The summed E-state index contributed by atoms with van der Waals surface area (Å²) in [6.45, 7) is 4.56. The van der Waals surface area contributed by atoms with E-state index in [0.717, 1.165) is 24.0 Å². The van der Waals surface area contributed by atoms with Crippen LogP contribution in [0.2, 0.25) is 0 Å². The van der Waals surface area contributed by atoms with Crippen LogP contribution in [0.3, 0.4) is 0 Å². The van der Waals surface area contributed by atoms with Crippen LogP contribution in [-0.2, 0) is 0 Å². The molecule has 3 rings (SSSR count). The number of nitrogens with one attached hydrogen (secondary N) is 1. The normalized spacial score (nSPS) is 10.7. The molecule has 5 nitrogen and oxygen atoms in total. The molecule has 1 heterocycles. The second kappa shape index (κ2) is 7.95. The van der Waals surface area contributed by atoms with Gasteiger partial charge in [0.2, 0.25) is 0 Å². The van der Waals surface area contributed by atoms with Crippen LogP contribution in [0.5, 0.6) is 11.5 Å². The highest BCUT2D eigenvalue weighted by atomic mass is 16.5. The Labute approximate surface area is 152 Å². The van der Waals surface area contributed by atoms with Crippen LogP contribution in [0.15, 0.2) is 46.9 Å². The SMILES string of the molecule is CCCCOc1ccc2oc(C)c(C(=O)Nc3cccc(OC)c3)c2c1. The highest BCUT2D eigenvalue weighted by molar-refractivity contribution is 6.13. The number of fused-ring (bicyclic) bond motifs is 1.